The number of carbonyl (C=O) groups is 2. The Morgan fingerprint density at radius 3 is 2.40 bits per heavy atom. The fourth-order valence-electron chi connectivity index (χ4n) is 5.35. The van der Waals surface area contributed by atoms with Crippen LogP contribution in [0.3, 0.4) is 0 Å². The highest BCUT2D eigenvalue weighted by atomic mass is 16.3. The highest BCUT2D eigenvalue weighted by molar-refractivity contribution is 6.09. The van der Waals surface area contributed by atoms with Gasteiger partial charge >= 0.3 is 0 Å². The summed E-state index contributed by atoms with van der Waals surface area (Å²) >= 11 is 0. The second-order valence-corrected chi connectivity index (χ2v) is 11.4. The minimum Gasteiger partial charge on any atom is -0.395 e. The topological polar surface area (TPSA) is 130 Å². The molecule has 240 valence electrons. The molecule has 0 unspecified atom stereocenters. The van der Waals surface area contributed by atoms with Gasteiger partial charge in [-0.3, -0.25) is 14.5 Å². The number of benzene rings is 3. The lowest BCUT2D eigenvalue weighted by Crippen LogP contribution is -2.35. The molecule has 5 N–H and O–H groups in total. The van der Waals surface area contributed by atoms with E-state index in [0.29, 0.717) is 49.5 Å². The van der Waals surface area contributed by atoms with Gasteiger partial charge in [0.15, 0.2) is 0 Å². The van der Waals surface area contributed by atoms with Crippen molar-refractivity contribution in [2.75, 3.05) is 62.7 Å². The molecular formula is C35H46N6O4. The van der Waals surface area contributed by atoms with Crippen LogP contribution in [-0.4, -0.2) is 85.6 Å². The molecule has 4 rings (SSSR count). The molecule has 1 saturated heterocycles. The van der Waals surface area contributed by atoms with Gasteiger partial charge in [0.25, 0.3) is 11.8 Å². The number of amides is 2. The SMILES string of the molecule is Cc1ccc(/C=N/NC(=O)c2cc(N3CCCCC3)ccc2NC(=O)c2cccc(CNCCN(CCO)CCO)c2)cc1C. The quantitative estimate of drug-likeness (QED) is 0.100. The van der Waals surface area contributed by atoms with E-state index in [2.05, 4.69) is 26.1 Å². The molecule has 0 atom stereocenters. The molecule has 45 heavy (non-hydrogen) atoms. The van der Waals surface area contributed by atoms with Crippen molar-refractivity contribution in [3.8, 4) is 0 Å². The van der Waals surface area contributed by atoms with Gasteiger partial charge in [-0.1, -0.05) is 30.3 Å². The number of aliphatic hydroxyl groups excluding tert-OH is 2. The van der Waals surface area contributed by atoms with Crippen molar-refractivity contribution in [1.82, 2.24) is 15.6 Å². The highest BCUT2D eigenvalue weighted by Gasteiger charge is 2.19. The maximum absolute atomic E-state index is 13.4. The molecule has 0 spiro atoms. The van der Waals surface area contributed by atoms with E-state index in [0.717, 1.165) is 48.3 Å². The summed E-state index contributed by atoms with van der Waals surface area (Å²) in [4.78, 5) is 31.1. The normalized spacial score (nSPS) is 13.4. The highest BCUT2D eigenvalue weighted by Crippen LogP contribution is 2.26. The Balaban J connectivity index is 1.45. The molecule has 0 bridgehead atoms. The third kappa shape index (κ3) is 10.2. The predicted molar refractivity (Wildman–Crippen MR) is 180 cm³/mol. The number of anilines is 2. The summed E-state index contributed by atoms with van der Waals surface area (Å²) in [6, 6.07) is 18.9. The number of carbonyl (C=O) groups excluding carboxylic acids is 2. The molecule has 10 nitrogen and oxygen atoms in total. The maximum Gasteiger partial charge on any atom is 0.273 e. The third-order valence-corrected chi connectivity index (χ3v) is 8.08. The van der Waals surface area contributed by atoms with Gasteiger partial charge in [0, 0.05) is 57.1 Å². The first-order valence-electron chi connectivity index (χ1n) is 15.7. The van der Waals surface area contributed by atoms with E-state index in [1.54, 1.807) is 18.3 Å². The van der Waals surface area contributed by atoms with Crippen LogP contribution in [0.2, 0.25) is 0 Å². The van der Waals surface area contributed by atoms with Gasteiger partial charge in [-0.05, 0) is 85.7 Å². The van der Waals surface area contributed by atoms with Gasteiger partial charge in [0.05, 0.1) is 30.7 Å². The Morgan fingerprint density at radius 2 is 1.67 bits per heavy atom. The van der Waals surface area contributed by atoms with E-state index in [9.17, 15) is 19.8 Å². The molecule has 3 aromatic carbocycles. The van der Waals surface area contributed by atoms with E-state index in [-0.39, 0.29) is 19.1 Å². The molecule has 2 amide bonds. The van der Waals surface area contributed by atoms with Crippen LogP contribution < -0.4 is 21.0 Å². The van der Waals surface area contributed by atoms with Crippen LogP contribution >= 0.6 is 0 Å². The fraction of sp³-hybridized carbons (Fsp3) is 0.400. The zero-order valence-corrected chi connectivity index (χ0v) is 26.4. The minimum absolute atomic E-state index is 0.0435. The molecule has 1 fully saturated rings. The zero-order chi connectivity index (χ0) is 32.0. The molecule has 0 radical (unpaired) electrons. The molecule has 1 heterocycles. The number of aryl methyl sites for hydroxylation is 2. The minimum atomic E-state index is -0.404. The standard InChI is InChI=1S/C35H46N6O4/c1-26-9-10-29(21-27(26)2)25-37-39-35(45)32-23-31(41-14-4-3-5-15-41)11-12-33(32)38-34(44)30-8-6-7-28(22-30)24-36-13-16-40(17-19-42)18-20-43/h6-12,21-23,25,36,42-43H,3-5,13-20,24H2,1-2H3,(H,38,44)(H,39,45)/b37-25+. The number of nitrogens with zero attached hydrogens (tertiary/aromatic N) is 3. The van der Waals surface area contributed by atoms with Crippen LogP contribution in [0.25, 0.3) is 0 Å². The van der Waals surface area contributed by atoms with Gasteiger partial charge < -0.3 is 25.7 Å². The summed E-state index contributed by atoms with van der Waals surface area (Å²) in [6.45, 7) is 8.97. The summed E-state index contributed by atoms with van der Waals surface area (Å²) < 4.78 is 0. The summed E-state index contributed by atoms with van der Waals surface area (Å²) in [6.07, 6.45) is 5.03. The van der Waals surface area contributed by atoms with Gasteiger partial charge in [-0.25, -0.2) is 5.43 Å². The van der Waals surface area contributed by atoms with Gasteiger partial charge in [-0.15, -0.1) is 0 Å². The van der Waals surface area contributed by atoms with E-state index >= 15 is 0 Å². The summed E-state index contributed by atoms with van der Waals surface area (Å²) in [5.74, 6) is -0.717. The van der Waals surface area contributed by atoms with Crippen molar-refractivity contribution < 1.29 is 19.8 Å². The van der Waals surface area contributed by atoms with Crippen LogP contribution in [0, 0.1) is 13.8 Å². The summed E-state index contributed by atoms with van der Waals surface area (Å²) in [7, 11) is 0. The molecule has 3 aromatic rings. The van der Waals surface area contributed by atoms with Crippen LogP contribution in [-0.2, 0) is 6.54 Å². The first-order valence-corrected chi connectivity index (χ1v) is 15.7. The molecular weight excluding hydrogens is 568 g/mol. The van der Waals surface area contributed by atoms with Crippen molar-refractivity contribution in [1.29, 1.82) is 0 Å². The molecule has 0 saturated carbocycles. The third-order valence-electron chi connectivity index (χ3n) is 8.08. The Kier molecular flexibility index (Phi) is 13.1. The van der Waals surface area contributed by atoms with Crippen molar-refractivity contribution in [3.63, 3.8) is 0 Å². The van der Waals surface area contributed by atoms with E-state index in [1.807, 2.05) is 67.3 Å². The second-order valence-electron chi connectivity index (χ2n) is 11.4. The number of piperidine rings is 1. The lowest BCUT2D eigenvalue weighted by Gasteiger charge is -2.29. The van der Waals surface area contributed by atoms with Crippen LogP contribution in [0.5, 0.6) is 0 Å². The number of hydrazone groups is 1. The van der Waals surface area contributed by atoms with Crippen LogP contribution in [0.4, 0.5) is 11.4 Å². The zero-order valence-electron chi connectivity index (χ0n) is 26.4. The first-order chi connectivity index (χ1) is 21.9. The fourth-order valence-corrected chi connectivity index (χ4v) is 5.35. The summed E-state index contributed by atoms with van der Waals surface area (Å²) in [5.41, 5.74) is 8.99. The van der Waals surface area contributed by atoms with Crippen molar-refractivity contribution in [2.45, 2.75) is 39.7 Å². The molecule has 10 heteroatoms. The molecule has 1 aliphatic heterocycles. The summed E-state index contributed by atoms with van der Waals surface area (Å²) in [5, 5.41) is 28.9. The number of nitrogens with one attached hydrogen (secondary N) is 3. The number of hydrogen-bond acceptors (Lipinski definition) is 8. The maximum atomic E-state index is 13.4. The van der Waals surface area contributed by atoms with Crippen molar-refractivity contribution in [2.24, 2.45) is 5.10 Å². The molecule has 0 aliphatic carbocycles. The largest absolute Gasteiger partial charge is 0.395 e. The number of aliphatic hydroxyl groups is 2. The van der Waals surface area contributed by atoms with Crippen LogP contribution in [0.1, 0.15) is 62.2 Å². The Morgan fingerprint density at radius 1 is 0.889 bits per heavy atom. The monoisotopic (exact) mass is 614 g/mol. The number of hydrogen-bond donors (Lipinski definition) is 5. The number of rotatable bonds is 15. The van der Waals surface area contributed by atoms with Gasteiger partial charge in [0.2, 0.25) is 0 Å². The van der Waals surface area contributed by atoms with Crippen molar-refractivity contribution >= 4 is 29.4 Å². The Bertz CT molecular complexity index is 1450. The average molecular weight is 615 g/mol. The van der Waals surface area contributed by atoms with E-state index in [1.165, 1.54) is 12.0 Å². The molecule has 1 aliphatic rings. The van der Waals surface area contributed by atoms with E-state index < -0.39 is 5.91 Å². The lowest BCUT2D eigenvalue weighted by atomic mass is 10.1. The van der Waals surface area contributed by atoms with Gasteiger partial charge in [-0.2, -0.15) is 5.10 Å². The van der Waals surface area contributed by atoms with Gasteiger partial charge in [0.1, 0.15) is 0 Å². The average Bonchev–Trinajstić information content (AvgIpc) is 3.05. The lowest BCUT2D eigenvalue weighted by molar-refractivity contribution is 0.0956. The molecule has 0 aromatic heterocycles. The predicted octanol–water partition coefficient (Wildman–Crippen LogP) is 3.69. The Labute approximate surface area is 266 Å². The first kappa shape index (κ1) is 33.8. The Hall–Kier alpha value is -4.09. The smallest absolute Gasteiger partial charge is 0.273 e. The van der Waals surface area contributed by atoms with Crippen molar-refractivity contribution in [3.05, 3.63) is 94.0 Å². The second kappa shape index (κ2) is 17.4. The van der Waals surface area contributed by atoms with Crippen LogP contribution in [0.15, 0.2) is 65.8 Å². The van der Waals surface area contributed by atoms with E-state index in [4.69, 9.17) is 0 Å².